The van der Waals surface area contributed by atoms with Gasteiger partial charge in [0.25, 0.3) is 0 Å². The van der Waals surface area contributed by atoms with E-state index in [0.29, 0.717) is 11.8 Å². The quantitative estimate of drug-likeness (QED) is 0.768. The van der Waals surface area contributed by atoms with Gasteiger partial charge in [0, 0.05) is 42.2 Å². The lowest BCUT2D eigenvalue weighted by Gasteiger charge is -2.23. The third-order valence-electron chi connectivity index (χ3n) is 5.89. The monoisotopic (exact) mass is 366 g/mol. The van der Waals surface area contributed by atoms with Crippen molar-refractivity contribution >= 4 is 11.0 Å². The molecule has 2 atom stereocenters. The first-order valence-electron chi connectivity index (χ1n) is 9.66. The van der Waals surface area contributed by atoms with Crippen molar-refractivity contribution < 1.29 is 9.13 Å². The number of fused-ring (bicyclic) bond motifs is 2. The molecule has 5 nitrogen and oxygen atoms in total. The van der Waals surface area contributed by atoms with Crippen molar-refractivity contribution in [2.24, 2.45) is 0 Å². The van der Waals surface area contributed by atoms with Gasteiger partial charge in [-0.25, -0.2) is 14.4 Å². The van der Waals surface area contributed by atoms with Crippen LogP contribution in [0.2, 0.25) is 0 Å². The van der Waals surface area contributed by atoms with E-state index in [2.05, 4.69) is 32.1 Å². The lowest BCUT2D eigenvalue weighted by molar-refractivity contribution is 0.201. The molecule has 3 aromatic rings. The zero-order chi connectivity index (χ0) is 18.4. The molecule has 0 saturated heterocycles. The molecule has 0 bridgehead atoms. The summed E-state index contributed by atoms with van der Waals surface area (Å²) in [5.74, 6) is 0.502. The van der Waals surface area contributed by atoms with Crippen molar-refractivity contribution in [3.8, 4) is 5.75 Å². The zero-order valence-corrected chi connectivity index (χ0v) is 15.4. The fourth-order valence-electron chi connectivity index (χ4n) is 4.48. The van der Waals surface area contributed by atoms with Gasteiger partial charge in [-0.2, -0.15) is 0 Å². The summed E-state index contributed by atoms with van der Waals surface area (Å²) < 4.78 is 22.6. The average Bonchev–Trinajstić information content (AvgIpc) is 3.29. The second kappa shape index (κ2) is 6.60. The van der Waals surface area contributed by atoms with E-state index in [1.165, 1.54) is 0 Å². The average molecular weight is 366 g/mol. The zero-order valence-electron chi connectivity index (χ0n) is 15.4. The molecular formula is C21H23FN4O. The van der Waals surface area contributed by atoms with Gasteiger partial charge in [-0.3, -0.25) is 0 Å². The van der Waals surface area contributed by atoms with Crippen LogP contribution in [0.25, 0.3) is 11.0 Å². The molecule has 1 aromatic carbocycles. The van der Waals surface area contributed by atoms with E-state index in [9.17, 15) is 4.39 Å². The number of hydrogen-bond donors (Lipinski definition) is 1. The number of hydrogen-bond acceptors (Lipinski definition) is 4. The molecule has 1 fully saturated rings. The molecule has 27 heavy (non-hydrogen) atoms. The summed E-state index contributed by atoms with van der Waals surface area (Å²) in [5, 5.41) is 4.47. The van der Waals surface area contributed by atoms with Crippen LogP contribution in [0, 0.1) is 12.7 Å². The van der Waals surface area contributed by atoms with Crippen LogP contribution in [-0.2, 0) is 13.0 Å². The van der Waals surface area contributed by atoms with Gasteiger partial charge >= 0.3 is 0 Å². The summed E-state index contributed by atoms with van der Waals surface area (Å²) in [6.45, 7) is 3.65. The van der Waals surface area contributed by atoms with Gasteiger partial charge in [0.2, 0.25) is 0 Å². The highest BCUT2D eigenvalue weighted by Crippen LogP contribution is 2.37. The number of aryl methyl sites for hydroxylation is 1. The Labute approximate surface area is 157 Å². The van der Waals surface area contributed by atoms with Crippen LogP contribution in [0.1, 0.15) is 42.1 Å². The Kier molecular flexibility index (Phi) is 4.08. The van der Waals surface area contributed by atoms with Gasteiger partial charge in [0.1, 0.15) is 29.6 Å². The Morgan fingerprint density at radius 3 is 3.11 bits per heavy atom. The third kappa shape index (κ3) is 2.98. The van der Waals surface area contributed by atoms with Gasteiger partial charge in [-0.1, -0.05) is 0 Å². The summed E-state index contributed by atoms with van der Waals surface area (Å²) in [6.07, 6.45) is 7.59. The van der Waals surface area contributed by atoms with Gasteiger partial charge in [0.05, 0.1) is 5.69 Å². The molecule has 5 rings (SSSR count). The van der Waals surface area contributed by atoms with Crippen molar-refractivity contribution in [1.82, 2.24) is 19.9 Å². The molecule has 0 amide bonds. The maximum atomic E-state index is 14.0. The first-order chi connectivity index (χ1) is 13.2. The number of halogens is 1. The van der Waals surface area contributed by atoms with Gasteiger partial charge in [0.15, 0.2) is 0 Å². The van der Waals surface area contributed by atoms with Crippen molar-refractivity contribution in [3.05, 3.63) is 53.4 Å². The molecule has 2 aliphatic rings. The van der Waals surface area contributed by atoms with E-state index in [1.807, 2.05) is 6.92 Å². The van der Waals surface area contributed by atoms with E-state index in [4.69, 9.17) is 4.74 Å². The molecule has 1 aliphatic carbocycles. The number of nitrogens with one attached hydrogen (secondary N) is 1. The molecule has 0 spiro atoms. The third-order valence-corrected chi connectivity index (χ3v) is 5.89. The predicted octanol–water partition coefficient (Wildman–Crippen LogP) is 3.70. The number of benzene rings is 1. The van der Waals surface area contributed by atoms with E-state index in [0.717, 1.165) is 66.6 Å². The van der Waals surface area contributed by atoms with Crippen molar-refractivity contribution in [3.63, 3.8) is 0 Å². The maximum Gasteiger partial charge on any atom is 0.143 e. The van der Waals surface area contributed by atoms with Crippen LogP contribution < -0.4 is 10.1 Å². The lowest BCUT2D eigenvalue weighted by Crippen LogP contribution is -2.25. The molecule has 3 heterocycles. The fourth-order valence-corrected chi connectivity index (χ4v) is 4.48. The number of aromatic nitrogens is 3. The minimum atomic E-state index is -0.205. The van der Waals surface area contributed by atoms with Gasteiger partial charge in [-0.05, 0) is 50.4 Å². The number of ether oxygens (including phenoxy) is 1. The highest BCUT2D eigenvalue weighted by Gasteiger charge is 2.29. The van der Waals surface area contributed by atoms with Crippen molar-refractivity contribution in [2.45, 2.75) is 51.3 Å². The smallest absolute Gasteiger partial charge is 0.143 e. The minimum absolute atomic E-state index is 0.100. The molecule has 2 unspecified atom stereocenters. The molecule has 1 aliphatic heterocycles. The van der Waals surface area contributed by atoms with Crippen LogP contribution in [0.4, 0.5) is 4.39 Å². The molecule has 140 valence electrons. The van der Waals surface area contributed by atoms with Crippen LogP contribution in [0.15, 0.2) is 30.7 Å². The normalized spacial score (nSPS) is 22.1. The summed E-state index contributed by atoms with van der Waals surface area (Å²) >= 11 is 0. The lowest BCUT2D eigenvalue weighted by atomic mass is 10.00. The summed E-state index contributed by atoms with van der Waals surface area (Å²) in [7, 11) is 0. The van der Waals surface area contributed by atoms with Crippen LogP contribution in [0.5, 0.6) is 5.75 Å². The Morgan fingerprint density at radius 2 is 2.19 bits per heavy atom. The minimum Gasteiger partial charge on any atom is -0.490 e. The Morgan fingerprint density at radius 1 is 1.26 bits per heavy atom. The molecule has 0 radical (unpaired) electrons. The Hall–Kier alpha value is -2.47. The van der Waals surface area contributed by atoms with Crippen LogP contribution >= 0.6 is 0 Å². The number of rotatable bonds is 3. The molecular weight excluding hydrogens is 343 g/mol. The highest BCUT2D eigenvalue weighted by molar-refractivity contribution is 5.78. The second-order valence-electron chi connectivity index (χ2n) is 7.59. The van der Waals surface area contributed by atoms with E-state index >= 15 is 0 Å². The summed E-state index contributed by atoms with van der Waals surface area (Å²) in [5.41, 5.74) is 4.17. The van der Waals surface area contributed by atoms with Crippen LogP contribution in [-0.4, -0.2) is 27.2 Å². The van der Waals surface area contributed by atoms with Crippen molar-refractivity contribution in [1.29, 1.82) is 0 Å². The van der Waals surface area contributed by atoms with Crippen molar-refractivity contribution in [2.75, 3.05) is 6.54 Å². The molecule has 1 saturated carbocycles. The standard InChI is InChI=1S/C21H23FN4O/c1-13-18-5-7-26(21(18)25-12-24-13)16-2-3-17(10-16)27-20-9-15(22)8-14-4-6-23-11-19(14)20/h5,7-9,12,16-17,23H,2-4,6,10-11H2,1H3. The largest absolute Gasteiger partial charge is 0.490 e. The van der Waals surface area contributed by atoms with Gasteiger partial charge in [-0.15, -0.1) is 0 Å². The molecule has 6 heteroatoms. The summed E-state index contributed by atoms with van der Waals surface area (Å²) in [4.78, 5) is 8.75. The molecule has 1 N–H and O–H groups in total. The SMILES string of the molecule is Cc1ncnc2c1ccn2C1CCC(Oc2cc(F)cc3c2CNCC3)C1. The summed E-state index contributed by atoms with van der Waals surface area (Å²) in [6, 6.07) is 5.63. The maximum absolute atomic E-state index is 14.0. The number of nitrogens with zero attached hydrogens (tertiary/aromatic N) is 3. The molecule has 2 aromatic heterocycles. The van der Waals surface area contributed by atoms with E-state index < -0.39 is 0 Å². The fraction of sp³-hybridized carbons (Fsp3) is 0.429. The van der Waals surface area contributed by atoms with Gasteiger partial charge < -0.3 is 14.6 Å². The predicted molar refractivity (Wildman–Crippen MR) is 101 cm³/mol. The second-order valence-corrected chi connectivity index (χ2v) is 7.59. The topological polar surface area (TPSA) is 52.0 Å². The first kappa shape index (κ1) is 16.7. The first-order valence-corrected chi connectivity index (χ1v) is 9.66. The Balaban J connectivity index is 1.37. The van der Waals surface area contributed by atoms with E-state index in [-0.39, 0.29) is 11.9 Å². The Bertz CT molecular complexity index is 999. The highest BCUT2D eigenvalue weighted by atomic mass is 19.1. The van der Waals surface area contributed by atoms with Crippen LogP contribution in [0.3, 0.4) is 0 Å². The van der Waals surface area contributed by atoms with E-state index in [1.54, 1.807) is 18.5 Å².